The maximum Gasteiger partial charge on any atom is 0.356 e. The lowest BCUT2D eigenvalue weighted by molar-refractivity contribution is 0.0596. The highest BCUT2D eigenvalue weighted by Gasteiger charge is 2.20. The van der Waals surface area contributed by atoms with Gasteiger partial charge in [0.25, 0.3) is 5.91 Å². The number of benzene rings is 2. The Morgan fingerprint density at radius 2 is 1.83 bits per heavy atom. The van der Waals surface area contributed by atoms with Crippen molar-refractivity contribution >= 4 is 40.1 Å². The maximum atomic E-state index is 12.5. The topological polar surface area (TPSA) is 71.2 Å². The SMILES string of the molecule is COC(=O)c1[nH]c2ccc(C)cc2c1NC(=O)c1ccc(Cl)cc1. The normalized spacial score (nSPS) is 10.6. The molecule has 3 aromatic rings. The number of nitrogens with one attached hydrogen (secondary N) is 2. The van der Waals surface area contributed by atoms with E-state index in [1.165, 1.54) is 7.11 Å². The second-order valence-corrected chi connectivity index (χ2v) is 5.81. The van der Waals surface area contributed by atoms with Crippen LogP contribution in [0.5, 0.6) is 0 Å². The third-order valence-corrected chi connectivity index (χ3v) is 3.94. The molecule has 0 saturated heterocycles. The Morgan fingerprint density at radius 1 is 1.12 bits per heavy atom. The lowest BCUT2D eigenvalue weighted by atomic mass is 10.1. The summed E-state index contributed by atoms with van der Waals surface area (Å²) in [5, 5.41) is 4.09. The van der Waals surface area contributed by atoms with Crippen LogP contribution in [0.25, 0.3) is 10.9 Å². The first-order chi connectivity index (χ1) is 11.5. The number of hydrogen-bond acceptors (Lipinski definition) is 3. The van der Waals surface area contributed by atoms with E-state index >= 15 is 0 Å². The van der Waals surface area contributed by atoms with Crippen molar-refractivity contribution in [2.75, 3.05) is 12.4 Å². The van der Waals surface area contributed by atoms with Crippen LogP contribution in [0.2, 0.25) is 5.02 Å². The summed E-state index contributed by atoms with van der Waals surface area (Å²) in [6.07, 6.45) is 0. The number of rotatable bonds is 3. The molecule has 0 aliphatic carbocycles. The monoisotopic (exact) mass is 342 g/mol. The number of hydrogen-bond donors (Lipinski definition) is 2. The average Bonchev–Trinajstić information content (AvgIpc) is 2.92. The molecule has 0 fully saturated rings. The first-order valence-corrected chi connectivity index (χ1v) is 7.65. The van der Waals surface area contributed by atoms with Gasteiger partial charge in [0, 0.05) is 21.5 Å². The predicted octanol–water partition coefficient (Wildman–Crippen LogP) is 4.17. The minimum absolute atomic E-state index is 0.209. The molecule has 5 nitrogen and oxygen atoms in total. The summed E-state index contributed by atoms with van der Waals surface area (Å²) in [7, 11) is 1.30. The molecule has 0 aliphatic rings. The van der Waals surface area contributed by atoms with Crippen molar-refractivity contribution in [2.24, 2.45) is 0 Å². The fraction of sp³-hybridized carbons (Fsp3) is 0.111. The molecule has 1 aromatic heterocycles. The molecule has 0 bridgehead atoms. The van der Waals surface area contributed by atoms with E-state index in [-0.39, 0.29) is 11.6 Å². The van der Waals surface area contributed by atoms with Crippen LogP contribution in [0.3, 0.4) is 0 Å². The van der Waals surface area contributed by atoms with Gasteiger partial charge < -0.3 is 15.0 Å². The van der Waals surface area contributed by atoms with Gasteiger partial charge in [0.15, 0.2) is 0 Å². The number of esters is 1. The number of carbonyl (C=O) groups excluding carboxylic acids is 2. The number of aryl methyl sites for hydroxylation is 1. The van der Waals surface area contributed by atoms with Crippen LogP contribution in [0, 0.1) is 6.92 Å². The van der Waals surface area contributed by atoms with Crippen molar-refractivity contribution in [3.8, 4) is 0 Å². The van der Waals surface area contributed by atoms with Crippen molar-refractivity contribution in [3.63, 3.8) is 0 Å². The Morgan fingerprint density at radius 3 is 2.50 bits per heavy atom. The smallest absolute Gasteiger partial charge is 0.356 e. The molecule has 0 atom stereocenters. The number of methoxy groups -OCH3 is 1. The number of fused-ring (bicyclic) bond motifs is 1. The number of aromatic nitrogens is 1. The minimum atomic E-state index is -0.546. The van der Waals surface area contributed by atoms with E-state index in [0.717, 1.165) is 16.5 Å². The van der Waals surface area contributed by atoms with Gasteiger partial charge in [-0.25, -0.2) is 4.79 Å². The first kappa shape index (κ1) is 16.1. The average molecular weight is 343 g/mol. The van der Waals surface area contributed by atoms with Gasteiger partial charge in [-0.15, -0.1) is 0 Å². The predicted molar refractivity (Wildman–Crippen MR) is 93.8 cm³/mol. The first-order valence-electron chi connectivity index (χ1n) is 7.27. The number of aromatic amines is 1. The molecule has 1 heterocycles. The Hall–Kier alpha value is -2.79. The van der Waals surface area contributed by atoms with E-state index in [4.69, 9.17) is 16.3 Å². The Bertz CT molecular complexity index is 929. The van der Waals surface area contributed by atoms with Crippen molar-refractivity contribution in [1.29, 1.82) is 0 Å². The van der Waals surface area contributed by atoms with Gasteiger partial charge in [-0.2, -0.15) is 0 Å². The van der Waals surface area contributed by atoms with E-state index in [1.54, 1.807) is 24.3 Å². The molecule has 3 rings (SSSR count). The summed E-state index contributed by atoms with van der Waals surface area (Å²) >= 11 is 5.84. The molecule has 1 amide bonds. The number of ether oxygens (including phenoxy) is 1. The molecule has 2 aromatic carbocycles. The zero-order valence-corrected chi connectivity index (χ0v) is 13.9. The Labute approximate surface area is 143 Å². The minimum Gasteiger partial charge on any atom is -0.464 e. The molecule has 122 valence electrons. The molecule has 0 saturated carbocycles. The molecular formula is C18H15ClN2O3. The largest absolute Gasteiger partial charge is 0.464 e. The highest BCUT2D eigenvalue weighted by atomic mass is 35.5. The fourth-order valence-corrected chi connectivity index (χ4v) is 2.60. The summed E-state index contributed by atoms with van der Waals surface area (Å²) in [4.78, 5) is 27.5. The second kappa shape index (κ2) is 6.37. The van der Waals surface area contributed by atoms with Crippen molar-refractivity contribution < 1.29 is 14.3 Å². The van der Waals surface area contributed by atoms with Crippen LogP contribution < -0.4 is 5.32 Å². The van der Waals surface area contributed by atoms with Crippen molar-refractivity contribution in [2.45, 2.75) is 6.92 Å². The van der Waals surface area contributed by atoms with E-state index in [0.29, 0.717) is 16.3 Å². The maximum absolute atomic E-state index is 12.5. The van der Waals surface area contributed by atoms with Gasteiger partial charge in [0.2, 0.25) is 0 Å². The molecule has 0 aliphatic heterocycles. The number of halogens is 1. The fourth-order valence-electron chi connectivity index (χ4n) is 2.48. The van der Waals surface area contributed by atoms with E-state index in [9.17, 15) is 9.59 Å². The molecule has 2 N–H and O–H groups in total. The molecule has 6 heteroatoms. The number of amides is 1. The summed E-state index contributed by atoms with van der Waals surface area (Å²) in [6, 6.07) is 12.2. The van der Waals surface area contributed by atoms with Crippen LogP contribution in [0.15, 0.2) is 42.5 Å². The highest BCUT2D eigenvalue weighted by Crippen LogP contribution is 2.29. The van der Waals surface area contributed by atoms with Crippen LogP contribution >= 0.6 is 11.6 Å². The van der Waals surface area contributed by atoms with Gasteiger partial charge in [-0.1, -0.05) is 23.2 Å². The van der Waals surface area contributed by atoms with Crippen LogP contribution in [-0.2, 0) is 4.74 Å². The summed E-state index contributed by atoms with van der Waals surface area (Å²) < 4.78 is 4.80. The second-order valence-electron chi connectivity index (χ2n) is 5.38. The third kappa shape index (κ3) is 2.98. The van der Waals surface area contributed by atoms with Gasteiger partial charge in [-0.3, -0.25) is 4.79 Å². The van der Waals surface area contributed by atoms with Crippen LogP contribution in [-0.4, -0.2) is 24.0 Å². The number of carbonyl (C=O) groups is 2. The van der Waals surface area contributed by atoms with Gasteiger partial charge in [0.05, 0.1) is 12.8 Å². The Balaban J connectivity index is 2.06. The third-order valence-electron chi connectivity index (χ3n) is 3.69. The molecule has 0 spiro atoms. The standard InChI is InChI=1S/C18H15ClN2O3/c1-10-3-8-14-13(9-10)15(16(20-14)18(23)24-2)21-17(22)11-4-6-12(19)7-5-11/h3-9,20H,1-2H3,(H,21,22). The lowest BCUT2D eigenvalue weighted by Gasteiger charge is -2.07. The molecule has 0 unspecified atom stereocenters. The van der Waals surface area contributed by atoms with E-state index < -0.39 is 5.97 Å². The summed E-state index contributed by atoms with van der Waals surface area (Å²) in [6.45, 7) is 1.94. The zero-order valence-electron chi connectivity index (χ0n) is 13.1. The molecule has 24 heavy (non-hydrogen) atoms. The molecule has 0 radical (unpaired) electrons. The van der Waals surface area contributed by atoms with Gasteiger partial charge in [0.1, 0.15) is 5.69 Å². The highest BCUT2D eigenvalue weighted by molar-refractivity contribution is 6.30. The van der Waals surface area contributed by atoms with E-state index in [1.807, 2.05) is 25.1 Å². The molecular weight excluding hydrogens is 328 g/mol. The number of H-pyrrole nitrogens is 1. The zero-order chi connectivity index (χ0) is 17.3. The lowest BCUT2D eigenvalue weighted by Crippen LogP contribution is -2.14. The van der Waals surface area contributed by atoms with Crippen LogP contribution in [0.4, 0.5) is 5.69 Å². The quantitative estimate of drug-likeness (QED) is 0.702. The van der Waals surface area contributed by atoms with Crippen molar-refractivity contribution in [1.82, 2.24) is 4.98 Å². The Kier molecular flexibility index (Phi) is 4.27. The summed E-state index contributed by atoms with van der Waals surface area (Å²) in [5.41, 5.74) is 2.81. The van der Waals surface area contributed by atoms with Crippen LogP contribution in [0.1, 0.15) is 26.4 Å². The van der Waals surface area contributed by atoms with Gasteiger partial charge >= 0.3 is 5.97 Å². The van der Waals surface area contributed by atoms with E-state index in [2.05, 4.69) is 10.3 Å². The van der Waals surface area contributed by atoms with Gasteiger partial charge in [-0.05, 0) is 43.3 Å². The number of anilines is 1. The van der Waals surface area contributed by atoms with Crippen molar-refractivity contribution in [3.05, 3.63) is 64.3 Å². The summed E-state index contributed by atoms with van der Waals surface area (Å²) in [5.74, 6) is -0.880.